The largest absolute Gasteiger partial charge is 0.385 e. The van der Waals surface area contributed by atoms with E-state index in [0.29, 0.717) is 5.69 Å². The number of benzene rings is 1. The van der Waals surface area contributed by atoms with Gasteiger partial charge in [-0.3, -0.25) is 4.79 Å². The predicted octanol–water partition coefficient (Wildman–Crippen LogP) is 3.29. The van der Waals surface area contributed by atoms with Crippen LogP contribution in [0.3, 0.4) is 0 Å². The molecule has 4 heteroatoms. The first-order valence-electron chi connectivity index (χ1n) is 7.72. The molecule has 2 aromatic rings. The molecule has 0 bridgehead atoms. The fourth-order valence-corrected chi connectivity index (χ4v) is 2.88. The highest BCUT2D eigenvalue weighted by Gasteiger charge is 2.20. The van der Waals surface area contributed by atoms with Crippen LogP contribution in [0, 0.1) is 0 Å². The molecule has 3 rings (SSSR count). The Kier molecular flexibility index (Phi) is 4.04. The highest BCUT2D eigenvalue weighted by molar-refractivity contribution is 5.99. The van der Waals surface area contributed by atoms with Gasteiger partial charge in [-0.2, -0.15) is 0 Å². The maximum absolute atomic E-state index is 12.6. The Balaban J connectivity index is 1.99. The van der Waals surface area contributed by atoms with Crippen LogP contribution in [-0.4, -0.2) is 35.4 Å². The van der Waals surface area contributed by atoms with Crippen molar-refractivity contribution in [3.05, 3.63) is 36.0 Å². The van der Waals surface area contributed by atoms with Crippen molar-refractivity contribution in [2.75, 3.05) is 25.0 Å². The summed E-state index contributed by atoms with van der Waals surface area (Å²) in [6, 6.07) is 9.85. The van der Waals surface area contributed by atoms with Crippen molar-refractivity contribution in [2.45, 2.75) is 26.2 Å². The molecule has 1 aliphatic heterocycles. The molecular weight excluding hydrogens is 262 g/mol. The van der Waals surface area contributed by atoms with Gasteiger partial charge in [0.1, 0.15) is 5.69 Å². The van der Waals surface area contributed by atoms with E-state index < -0.39 is 0 Å². The van der Waals surface area contributed by atoms with Crippen LogP contribution in [0.2, 0.25) is 0 Å². The number of nitrogens with zero attached hydrogens (tertiary/aromatic N) is 2. The minimum atomic E-state index is 0.0552. The van der Waals surface area contributed by atoms with Gasteiger partial charge in [0.05, 0.1) is 5.52 Å². The first kappa shape index (κ1) is 13.9. The summed E-state index contributed by atoms with van der Waals surface area (Å²) >= 11 is 0. The number of pyridine rings is 1. The van der Waals surface area contributed by atoms with Gasteiger partial charge in [0, 0.05) is 30.7 Å². The quantitative estimate of drug-likeness (QED) is 0.940. The Bertz CT molecular complexity index is 648. The number of aromatic nitrogens is 1. The normalized spacial score (nSPS) is 15.2. The molecule has 21 heavy (non-hydrogen) atoms. The van der Waals surface area contributed by atoms with Gasteiger partial charge in [0.25, 0.3) is 5.91 Å². The lowest BCUT2D eigenvalue weighted by Gasteiger charge is -2.26. The van der Waals surface area contributed by atoms with Gasteiger partial charge in [-0.15, -0.1) is 0 Å². The molecule has 0 unspecified atom stereocenters. The lowest BCUT2D eigenvalue weighted by Crippen LogP contribution is -2.36. The topological polar surface area (TPSA) is 45.2 Å². The molecule has 1 aromatic heterocycles. The summed E-state index contributed by atoms with van der Waals surface area (Å²) in [6.45, 7) is 4.58. The van der Waals surface area contributed by atoms with Crippen LogP contribution in [0.5, 0.6) is 0 Å². The number of hydrogen-bond acceptors (Lipinski definition) is 3. The van der Waals surface area contributed by atoms with Crippen LogP contribution in [0.15, 0.2) is 30.3 Å². The fraction of sp³-hybridized carbons (Fsp3) is 0.412. The molecule has 1 aromatic carbocycles. The van der Waals surface area contributed by atoms with E-state index >= 15 is 0 Å². The zero-order valence-corrected chi connectivity index (χ0v) is 12.4. The molecule has 2 heterocycles. The van der Waals surface area contributed by atoms with Crippen LogP contribution in [-0.2, 0) is 0 Å². The summed E-state index contributed by atoms with van der Waals surface area (Å²) in [7, 11) is 0. The Morgan fingerprint density at radius 2 is 2.00 bits per heavy atom. The van der Waals surface area contributed by atoms with Crippen molar-refractivity contribution >= 4 is 22.5 Å². The molecule has 110 valence electrons. The maximum Gasteiger partial charge on any atom is 0.272 e. The van der Waals surface area contributed by atoms with Gasteiger partial charge in [-0.1, -0.05) is 18.2 Å². The first-order valence-corrected chi connectivity index (χ1v) is 7.72. The number of rotatable bonds is 3. The minimum absolute atomic E-state index is 0.0552. The third kappa shape index (κ3) is 2.84. The van der Waals surface area contributed by atoms with Crippen molar-refractivity contribution in [2.24, 2.45) is 0 Å². The SMILES string of the molecule is CCNc1cc(C(=O)N2CCCCC2)nc2ccccc12. The number of carbonyl (C=O) groups is 1. The van der Waals surface area contributed by atoms with Crippen molar-refractivity contribution in [3.63, 3.8) is 0 Å². The zero-order valence-electron chi connectivity index (χ0n) is 12.4. The molecule has 0 atom stereocenters. The van der Waals surface area contributed by atoms with Crippen molar-refractivity contribution in [3.8, 4) is 0 Å². The van der Waals surface area contributed by atoms with E-state index in [2.05, 4.69) is 17.2 Å². The molecule has 4 nitrogen and oxygen atoms in total. The summed E-state index contributed by atoms with van der Waals surface area (Å²) in [6.07, 6.45) is 3.41. The molecule has 0 spiro atoms. The number of fused-ring (bicyclic) bond motifs is 1. The molecule has 0 radical (unpaired) electrons. The predicted molar refractivity (Wildman–Crippen MR) is 85.7 cm³/mol. The van der Waals surface area contributed by atoms with Gasteiger partial charge >= 0.3 is 0 Å². The zero-order chi connectivity index (χ0) is 14.7. The van der Waals surface area contributed by atoms with Gasteiger partial charge in [0.15, 0.2) is 0 Å². The Morgan fingerprint density at radius 3 is 2.76 bits per heavy atom. The van der Waals surface area contributed by atoms with Crippen LogP contribution in [0.25, 0.3) is 10.9 Å². The van der Waals surface area contributed by atoms with E-state index in [4.69, 9.17) is 0 Å². The Hall–Kier alpha value is -2.10. The number of amides is 1. The second kappa shape index (κ2) is 6.12. The van der Waals surface area contributed by atoms with Crippen molar-refractivity contribution in [1.82, 2.24) is 9.88 Å². The molecule has 0 aliphatic carbocycles. The number of likely N-dealkylation sites (tertiary alicyclic amines) is 1. The van der Waals surface area contributed by atoms with Crippen molar-refractivity contribution in [1.29, 1.82) is 0 Å². The monoisotopic (exact) mass is 283 g/mol. The number of nitrogens with one attached hydrogen (secondary N) is 1. The third-order valence-corrected chi connectivity index (χ3v) is 3.95. The van der Waals surface area contributed by atoms with Gasteiger partial charge in [-0.25, -0.2) is 4.98 Å². The Labute approximate surface area is 125 Å². The first-order chi connectivity index (χ1) is 10.3. The average molecular weight is 283 g/mol. The third-order valence-electron chi connectivity index (χ3n) is 3.95. The van der Waals surface area contributed by atoms with E-state index in [-0.39, 0.29) is 5.91 Å². The molecule has 1 saturated heterocycles. The van der Waals surface area contributed by atoms with Crippen LogP contribution >= 0.6 is 0 Å². The van der Waals surface area contributed by atoms with Crippen LogP contribution in [0.1, 0.15) is 36.7 Å². The molecule has 1 aliphatic rings. The molecular formula is C17H21N3O. The number of carbonyl (C=O) groups excluding carboxylic acids is 1. The number of anilines is 1. The van der Waals surface area contributed by atoms with Crippen LogP contribution in [0.4, 0.5) is 5.69 Å². The smallest absolute Gasteiger partial charge is 0.272 e. The van der Waals surface area contributed by atoms with Crippen molar-refractivity contribution < 1.29 is 4.79 Å². The number of hydrogen-bond donors (Lipinski definition) is 1. The second-order valence-corrected chi connectivity index (χ2v) is 5.46. The summed E-state index contributed by atoms with van der Waals surface area (Å²) in [5, 5.41) is 4.40. The van der Waals surface area contributed by atoms with Gasteiger partial charge in [-0.05, 0) is 38.3 Å². The van der Waals surface area contributed by atoms with E-state index in [1.54, 1.807) is 0 Å². The second-order valence-electron chi connectivity index (χ2n) is 5.46. The van der Waals surface area contributed by atoms with E-state index in [1.165, 1.54) is 6.42 Å². The fourth-order valence-electron chi connectivity index (χ4n) is 2.88. The van der Waals surface area contributed by atoms with Gasteiger partial charge in [0.2, 0.25) is 0 Å². The number of para-hydroxylation sites is 1. The molecule has 1 N–H and O–H groups in total. The maximum atomic E-state index is 12.6. The summed E-state index contributed by atoms with van der Waals surface area (Å²) in [4.78, 5) is 19.1. The number of piperidine rings is 1. The summed E-state index contributed by atoms with van der Waals surface area (Å²) in [5.74, 6) is 0.0552. The molecule has 1 amide bonds. The summed E-state index contributed by atoms with van der Waals surface area (Å²) in [5.41, 5.74) is 2.41. The highest BCUT2D eigenvalue weighted by Crippen LogP contribution is 2.24. The van der Waals surface area contributed by atoms with Crippen LogP contribution < -0.4 is 5.32 Å². The lowest BCUT2D eigenvalue weighted by atomic mass is 10.1. The van der Waals surface area contributed by atoms with E-state index in [9.17, 15) is 4.79 Å². The minimum Gasteiger partial charge on any atom is -0.385 e. The van der Waals surface area contributed by atoms with E-state index in [1.807, 2.05) is 35.2 Å². The molecule has 1 fully saturated rings. The average Bonchev–Trinajstić information content (AvgIpc) is 2.55. The van der Waals surface area contributed by atoms with Gasteiger partial charge < -0.3 is 10.2 Å². The molecule has 0 saturated carbocycles. The Morgan fingerprint density at radius 1 is 1.24 bits per heavy atom. The van der Waals surface area contributed by atoms with E-state index in [0.717, 1.165) is 49.1 Å². The standard InChI is InChI=1S/C17H21N3O/c1-2-18-15-12-16(17(21)20-10-6-3-7-11-20)19-14-9-5-4-8-13(14)15/h4-5,8-9,12H,2-3,6-7,10-11H2,1H3,(H,18,19). The lowest BCUT2D eigenvalue weighted by molar-refractivity contribution is 0.0719. The summed E-state index contributed by atoms with van der Waals surface area (Å²) < 4.78 is 0. The highest BCUT2D eigenvalue weighted by atomic mass is 16.2.